The highest BCUT2D eigenvalue weighted by molar-refractivity contribution is 5.62. The molecular weight excluding hydrogens is 216 g/mol. The van der Waals surface area contributed by atoms with Crippen LogP contribution in [0.15, 0.2) is 24.8 Å². The van der Waals surface area contributed by atoms with Gasteiger partial charge in [0.2, 0.25) is 0 Å². The summed E-state index contributed by atoms with van der Waals surface area (Å²) in [6, 6.07) is 0. The van der Waals surface area contributed by atoms with Gasteiger partial charge in [-0.2, -0.15) is 0 Å². The van der Waals surface area contributed by atoms with Crippen LogP contribution in [0.3, 0.4) is 0 Å². The van der Waals surface area contributed by atoms with Gasteiger partial charge in [-0.15, -0.1) is 0 Å². The van der Waals surface area contributed by atoms with Crippen molar-refractivity contribution in [2.75, 3.05) is 6.61 Å². The van der Waals surface area contributed by atoms with Crippen molar-refractivity contribution in [1.82, 2.24) is 0 Å². The SMILES string of the molecule is C=CC=CCCCCCCCCO.CC(=O)O. The molecule has 3 heteroatoms. The van der Waals surface area contributed by atoms with Gasteiger partial charge in [0.05, 0.1) is 0 Å². The maximum atomic E-state index is 9.00. The summed E-state index contributed by atoms with van der Waals surface area (Å²) in [7, 11) is 0. The third kappa shape index (κ3) is 31.3. The van der Waals surface area contributed by atoms with E-state index in [9.17, 15) is 0 Å². The molecule has 0 heterocycles. The Labute approximate surface area is 105 Å². The van der Waals surface area contributed by atoms with E-state index < -0.39 is 5.97 Å². The van der Waals surface area contributed by atoms with Gasteiger partial charge in [0, 0.05) is 13.5 Å². The van der Waals surface area contributed by atoms with Gasteiger partial charge in [-0.1, -0.05) is 50.5 Å². The second kappa shape index (κ2) is 17.3. The van der Waals surface area contributed by atoms with Gasteiger partial charge < -0.3 is 10.2 Å². The molecule has 0 aliphatic heterocycles. The maximum absolute atomic E-state index is 9.00. The van der Waals surface area contributed by atoms with Gasteiger partial charge in [0.1, 0.15) is 0 Å². The minimum atomic E-state index is -0.833. The smallest absolute Gasteiger partial charge is 0.300 e. The Kier molecular flexibility index (Phi) is 18.6. The normalized spacial score (nSPS) is 9.76. The average Bonchev–Trinajstić information content (AvgIpc) is 2.26. The minimum Gasteiger partial charge on any atom is -0.481 e. The minimum absolute atomic E-state index is 0.349. The molecule has 0 aromatic carbocycles. The molecule has 0 aromatic heterocycles. The Morgan fingerprint density at radius 2 is 1.59 bits per heavy atom. The number of allylic oxidation sites excluding steroid dienone is 3. The second-order valence-corrected chi connectivity index (χ2v) is 3.82. The van der Waals surface area contributed by atoms with Crippen molar-refractivity contribution in [3.8, 4) is 0 Å². The van der Waals surface area contributed by atoms with E-state index >= 15 is 0 Å². The van der Waals surface area contributed by atoms with E-state index in [0.29, 0.717) is 6.61 Å². The standard InChI is InChI=1S/C12H22O.C2H4O2/c1-2-3-4-5-6-7-8-9-10-11-12-13;1-2(3)4/h2-4,13H,1,5-12H2;1H3,(H,3,4). The number of aliphatic carboxylic acids is 1. The Morgan fingerprint density at radius 3 is 2.06 bits per heavy atom. The van der Waals surface area contributed by atoms with Gasteiger partial charge in [0.15, 0.2) is 0 Å². The van der Waals surface area contributed by atoms with Crippen LogP contribution in [0, 0.1) is 0 Å². The van der Waals surface area contributed by atoms with E-state index in [4.69, 9.17) is 15.0 Å². The molecule has 0 spiro atoms. The first-order valence-corrected chi connectivity index (χ1v) is 6.23. The van der Waals surface area contributed by atoms with Crippen LogP contribution in [0.5, 0.6) is 0 Å². The molecule has 0 atom stereocenters. The predicted octanol–water partition coefficient (Wildman–Crippen LogP) is 3.54. The Balaban J connectivity index is 0. The van der Waals surface area contributed by atoms with Crippen LogP contribution in [0.4, 0.5) is 0 Å². The summed E-state index contributed by atoms with van der Waals surface area (Å²) in [4.78, 5) is 9.00. The number of carboxylic acid groups (broad SMARTS) is 1. The second-order valence-electron chi connectivity index (χ2n) is 3.82. The van der Waals surface area contributed by atoms with E-state index in [0.717, 1.165) is 13.3 Å². The maximum Gasteiger partial charge on any atom is 0.300 e. The summed E-state index contributed by atoms with van der Waals surface area (Å²) < 4.78 is 0. The topological polar surface area (TPSA) is 57.5 Å². The molecule has 2 N–H and O–H groups in total. The predicted molar refractivity (Wildman–Crippen MR) is 72.1 cm³/mol. The Hall–Kier alpha value is -1.09. The molecule has 0 fully saturated rings. The summed E-state index contributed by atoms with van der Waals surface area (Å²) in [6.45, 7) is 5.05. The number of unbranched alkanes of at least 4 members (excludes halogenated alkanes) is 6. The molecule has 100 valence electrons. The van der Waals surface area contributed by atoms with Crippen LogP contribution >= 0.6 is 0 Å². The Morgan fingerprint density at radius 1 is 1.12 bits per heavy atom. The van der Waals surface area contributed by atoms with Crippen molar-refractivity contribution in [1.29, 1.82) is 0 Å². The highest BCUT2D eigenvalue weighted by atomic mass is 16.4. The third-order valence-corrected chi connectivity index (χ3v) is 2.05. The van der Waals surface area contributed by atoms with Gasteiger partial charge in [0.25, 0.3) is 5.97 Å². The highest BCUT2D eigenvalue weighted by Crippen LogP contribution is 2.07. The van der Waals surface area contributed by atoms with Gasteiger partial charge in [-0.3, -0.25) is 4.79 Å². The zero-order valence-corrected chi connectivity index (χ0v) is 10.9. The van der Waals surface area contributed by atoms with Crippen molar-refractivity contribution >= 4 is 5.97 Å². The molecule has 0 unspecified atom stereocenters. The van der Waals surface area contributed by atoms with Gasteiger partial charge >= 0.3 is 0 Å². The van der Waals surface area contributed by atoms with Crippen molar-refractivity contribution in [2.24, 2.45) is 0 Å². The molecule has 3 nitrogen and oxygen atoms in total. The van der Waals surface area contributed by atoms with Crippen LogP contribution in [0.1, 0.15) is 51.9 Å². The van der Waals surface area contributed by atoms with Gasteiger partial charge in [-0.05, 0) is 19.3 Å². The van der Waals surface area contributed by atoms with Crippen LogP contribution < -0.4 is 0 Å². The first kappa shape index (κ1) is 18.3. The molecule has 0 bridgehead atoms. The number of carboxylic acids is 1. The summed E-state index contributed by atoms with van der Waals surface area (Å²) in [6.07, 6.45) is 14.5. The summed E-state index contributed by atoms with van der Waals surface area (Å²) in [5.74, 6) is -0.833. The molecule has 0 aliphatic rings. The molecule has 0 saturated heterocycles. The molecule has 0 saturated carbocycles. The van der Waals surface area contributed by atoms with Crippen molar-refractivity contribution in [3.63, 3.8) is 0 Å². The lowest BCUT2D eigenvalue weighted by Crippen LogP contribution is -1.83. The lowest BCUT2D eigenvalue weighted by Gasteiger charge is -1.98. The van der Waals surface area contributed by atoms with E-state index in [-0.39, 0.29) is 0 Å². The first-order chi connectivity index (χ1) is 8.15. The van der Waals surface area contributed by atoms with E-state index in [1.165, 1.54) is 38.5 Å². The van der Waals surface area contributed by atoms with Crippen LogP contribution in [-0.2, 0) is 4.79 Å². The molecule has 17 heavy (non-hydrogen) atoms. The fourth-order valence-corrected chi connectivity index (χ4v) is 1.27. The zero-order valence-electron chi connectivity index (χ0n) is 10.9. The molecule has 0 aromatic rings. The third-order valence-electron chi connectivity index (χ3n) is 2.05. The fraction of sp³-hybridized carbons (Fsp3) is 0.643. The molecule has 0 amide bonds. The summed E-state index contributed by atoms with van der Waals surface area (Å²) in [5, 5.41) is 16.0. The number of rotatable bonds is 9. The molecule has 0 rings (SSSR count). The van der Waals surface area contributed by atoms with E-state index in [1.807, 2.05) is 12.2 Å². The number of aliphatic hydroxyl groups excluding tert-OH is 1. The molecule has 0 aliphatic carbocycles. The average molecular weight is 242 g/mol. The fourth-order valence-electron chi connectivity index (χ4n) is 1.27. The van der Waals surface area contributed by atoms with E-state index in [2.05, 4.69) is 12.7 Å². The zero-order chi connectivity index (χ0) is 13.4. The molecular formula is C14H26O3. The van der Waals surface area contributed by atoms with Crippen LogP contribution in [0.25, 0.3) is 0 Å². The number of carbonyl (C=O) groups is 1. The van der Waals surface area contributed by atoms with Crippen LogP contribution in [0.2, 0.25) is 0 Å². The Bertz CT molecular complexity index is 194. The van der Waals surface area contributed by atoms with Crippen molar-refractivity contribution in [2.45, 2.75) is 51.9 Å². The summed E-state index contributed by atoms with van der Waals surface area (Å²) >= 11 is 0. The van der Waals surface area contributed by atoms with Crippen LogP contribution in [-0.4, -0.2) is 22.8 Å². The van der Waals surface area contributed by atoms with Gasteiger partial charge in [-0.25, -0.2) is 0 Å². The number of aliphatic hydroxyl groups is 1. The highest BCUT2D eigenvalue weighted by Gasteiger charge is 1.88. The van der Waals surface area contributed by atoms with Crippen molar-refractivity contribution in [3.05, 3.63) is 24.8 Å². The van der Waals surface area contributed by atoms with Crippen molar-refractivity contribution < 1.29 is 15.0 Å². The monoisotopic (exact) mass is 242 g/mol. The quantitative estimate of drug-likeness (QED) is 0.480. The number of hydrogen-bond donors (Lipinski definition) is 2. The lowest BCUT2D eigenvalue weighted by atomic mass is 10.1. The largest absolute Gasteiger partial charge is 0.481 e. The number of hydrogen-bond acceptors (Lipinski definition) is 2. The lowest BCUT2D eigenvalue weighted by molar-refractivity contribution is -0.134. The van der Waals surface area contributed by atoms with E-state index in [1.54, 1.807) is 0 Å². The first-order valence-electron chi connectivity index (χ1n) is 6.23. The molecule has 0 radical (unpaired) electrons. The summed E-state index contributed by atoms with van der Waals surface area (Å²) in [5.41, 5.74) is 0.